The van der Waals surface area contributed by atoms with Crippen LogP contribution in [0.1, 0.15) is 5.56 Å². The summed E-state index contributed by atoms with van der Waals surface area (Å²) in [6, 6.07) is 12.8. The molecular weight excluding hydrogens is 282 g/mol. The van der Waals surface area contributed by atoms with E-state index in [-0.39, 0.29) is 10.6 Å². The maximum atomic E-state index is 11.0. The van der Waals surface area contributed by atoms with Crippen LogP contribution >= 0.6 is 0 Å². The Labute approximate surface area is 128 Å². The highest BCUT2D eigenvalue weighted by Gasteiger charge is 2.19. The second kappa shape index (κ2) is 5.93. The number of fused-ring (bicyclic) bond motifs is 1. The van der Waals surface area contributed by atoms with Gasteiger partial charge in [-0.1, -0.05) is 12.1 Å². The van der Waals surface area contributed by atoms with Crippen LogP contribution in [0.4, 0.5) is 17.1 Å². The van der Waals surface area contributed by atoms with Crippen molar-refractivity contribution in [3.63, 3.8) is 0 Å². The van der Waals surface area contributed by atoms with Gasteiger partial charge in [-0.05, 0) is 18.2 Å². The van der Waals surface area contributed by atoms with Crippen LogP contribution in [0, 0.1) is 10.1 Å². The monoisotopic (exact) mass is 299 g/mol. The Morgan fingerprint density at radius 1 is 1.32 bits per heavy atom. The number of nitrogens with one attached hydrogen (secondary N) is 1. The zero-order chi connectivity index (χ0) is 15.5. The number of hydrogen-bond donors (Lipinski definition) is 1. The molecule has 1 heterocycles. The van der Waals surface area contributed by atoms with Crippen molar-refractivity contribution in [2.45, 2.75) is 6.54 Å². The molecule has 2 aromatic rings. The third-order valence-electron chi connectivity index (χ3n) is 3.78. The van der Waals surface area contributed by atoms with E-state index in [0.29, 0.717) is 12.3 Å². The van der Waals surface area contributed by atoms with E-state index >= 15 is 0 Å². The molecule has 0 saturated carbocycles. The minimum absolute atomic E-state index is 0.0826. The number of benzene rings is 2. The molecule has 0 atom stereocenters. The summed E-state index contributed by atoms with van der Waals surface area (Å²) >= 11 is 0. The highest BCUT2D eigenvalue weighted by atomic mass is 16.6. The second-order valence-corrected chi connectivity index (χ2v) is 5.12. The van der Waals surface area contributed by atoms with Crippen molar-refractivity contribution in [1.82, 2.24) is 0 Å². The SMILES string of the molecule is COc1ccc([N+](=O)[O-])cc1CN1CCNc2ccccc21. The maximum Gasteiger partial charge on any atom is 0.270 e. The summed E-state index contributed by atoms with van der Waals surface area (Å²) in [6.07, 6.45) is 0. The fourth-order valence-corrected chi connectivity index (χ4v) is 2.72. The Kier molecular flexibility index (Phi) is 3.82. The first-order chi connectivity index (χ1) is 10.7. The summed E-state index contributed by atoms with van der Waals surface area (Å²) < 4.78 is 5.34. The number of hydrogen-bond acceptors (Lipinski definition) is 5. The third kappa shape index (κ3) is 2.67. The number of nitrogens with zero attached hydrogens (tertiary/aromatic N) is 2. The van der Waals surface area contributed by atoms with Gasteiger partial charge in [0.15, 0.2) is 0 Å². The average Bonchev–Trinajstić information content (AvgIpc) is 2.55. The summed E-state index contributed by atoms with van der Waals surface area (Å²) in [7, 11) is 1.58. The van der Waals surface area contributed by atoms with Crippen LogP contribution in [-0.4, -0.2) is 25.1 Å². The van der Waals surface area contributed by atoms with Crippen LogP contribution < -0.4 is 15.0 Å². The first-order valence-corrected chi connectivity index (χ1v) is 7.08. The normalized spacial score (nSPS) is 13.2. The lowest BCUT2D eigenvalue weighted by Gasteiger charge is -2.32. The molecule has 0 amide bonds. The fraction of sp³-hybridized carbons (Fsp3) is 0.250. The van der Waals surface area contributed by atoms with Crippen LogP contribution in [0.5, 0.6) is 5.75 Å². The first kappa shape index (κ1) is 14.2. The van der Waals surface area contributed by atoms with Crippen molar-refractivity contribution >= 4 is 17.1 Å². The zero-order valence-electron chi connectivity index (χ0n) is 12.3. The van der Waals surface area contributed by atoms with Gasteiger partial charge in [-0.2, -0.15) is 0 Å². The van der Waals surface area contributed by atoms with Gasteiger partial charge < -0.3 is 15.0 Å². The number of non-ortho nitro benzene ring substituents is 1. The number of nitro benzene ring substituents is 1. The van der Waals surface area contributed by atoms with Gasteiger partial charge >= 0.3 is 0 Å². The summed E-state index contributed by atoms with van der Waals surface area (Å²) in [6.45, 7) is 2.25. The molecule has 0 saturated heterocycles. The minimum Gasteiger partial charge on any atom is -0.496 e. The molecule has 1 N–H and O–H groups in total. The highest BCUT2D eigenvalue weighted by Crippen LogP contribution is 2.32. The average molecular weight is 299 g/mol. The Morgan fingerprint density at radius 2 is 2.14 bits per heavy atom. The highest BCUT2D eigenvalue weighted by molar-refractivity contribution is 5.72. The van der Waals surface area contributed by atoms with Crippen LogP contribution in [0.15, 0.2) is 42.5 Å². The second-order valence-electron chi connectivity index (χ2n) is 5.12. The van der Waals surface area contributed by atoms with Crippen molar-refractivity contribution in [3.8, 4) is 5.75 Å². The quantitative estimate of drug-likeness (QED) is 0.694. The number of anilines is 2. The molecule has 3 rings (SSSR count). The third-order valence-corrected chi connectivity index (χ3v) is 3.78. The smallest absolute Gasteiger partial charge is 0.270 e. The summed E-state index contributed by atoms with van der Waals surface area (Å²) in [5.74, 6) is 0.668. The minimum atomic E-state index is -0.380. The van der Waals surface area contributed by atoms with Gasteiger partial charge in [0.2, 0.25) is 0 Å². The molecule has 1 aliphatic heterocycles. The maximum absolute atomic E-state index is 11.0. The Morgan fingerprint density at radius 3 is 2.91 bits per heavy atom. The van der Waals surface area contributed by atoms with Crippen molar-refractivity contribution in [2.75, 3.05) is 30.4 Å². The lowest BCUT2D eigenvalue weighted by Crippen LogP contribution is -2.33. The van der Waals surface area contributed by atoms with E-state index in [2.05, 4.69) is 10.2 Å². The summed E-state index contributed by atoms with van der Waals surface area (Å²) in [4.78, 5) is 12.8. The molecule has 114 valence electrons. The molecule has 6 nitrogen and oxygen atoms in total. The lowest BCUT2D eigenvalue weighted by atomic mass is 10.1. The van der Waals surface area contributed by atoms with Gasteiger partial charge in [-0.3, -0.25) is 10.1 Å². The van der Waals surface area contributed by atoms with Crippen molar-refractivity contribution in [1.29, 1.82) is 0 Å². The van der Waals surface area contributed by atoms with Gasteiger partial charge in [0.05, 0.1) is 23.4 Å². The van der Waals surface area contributed by atoms with E-state index in [0.717, 1.165) is 30.0 Å². The predicted octanol–water partition coefficient (Wildman–Crippen LogP) is 3.04. The molecule has 0 aliphatic carbocycles. The molecule has 0 fully saturated rings. The molecule has 6 heteroatoms. The van der Waals surface area contributed by atoms with Gasteiger partial charge in [-0.25, -0.2) is 0 Å². The van der Waals surface area contributed by atoms with E-state index in [9.17, 15) is 10.1 Å². The molecule has 0 radical (unpaired) electrons. The number of methoxy groups -OCH3 is 1. The Balaban J connectivity index is 1.93. The number of nitro groups is 1. The van der Waals surface area contributed by atoms with Gasteiger partial charge in [0.1, 0.15) is 5.75 Å². The Bertz CT molecular complexity index is 703. The molecular formula is C16H17N3O3. The van der Waals surface area contributed by atoms with Crippen molar-refractivity contribution < 1.29 is 9.66 Å². The molecule has 0 unspecified atom stereocenters. The van der Waals surface area contributed by atoms with E-state index in [1.165, 1.54) is 6.07 Å². The standard InChI is InChI=1S/C16H17N3O3/c1-22-16-7-6-13(19(20)21)10-12(16)11-18-9-8-17-14-4-2-3-5-15(14)18/h2-7,10,17H,8-9,11H2,1H3. The topological polar surface area (TPSA) is 67.6 Å². The molecule has 2 aromatic carbocycles. The van der Waals surface area contributed by atoms with Crippen molar-refractivity contribution in [3.05, 3.63) is 58.1 Å². The summed E-state index contributed by atoms with van der Waals surface area (Å²) in [5.41, 5.74) is 3.08. The lowest BCUT2D eigenvalue weighted by molar-refractivity contribution is -0.384. The van der Waals surface area contributed by atoms with E-state index in [1.54, 1.807) is 19.2 Å². The predicted molar refractivity (Wildman–Crippen MR) is 85.6 cm³/mol. The van der Waals surface area contributed by atoms with E-state index in [1.807, 2.05) is 24.3 Å². The fourth-order valence-electron chi connectivity index (χ4n) is 2.72. The molecule has 0 bridgehead atoms. The van der Waals surface area contributed by atoms with Gasteiger partial charge in [0.25, 0.3) is 5.69 Å². The molecule has 1 aliphatic rings. The van der Waals surface area contributed by atoms with Crippen LogP contribution in [0.3, 0.4) is 0 Å². The van der Waals surface area contributed by atoms with E-state index in [4.69, 9.17) is 4.74 Å². The number of para-hydroxylation sites is 2. The molecule has 22 heavy (non-hydrogen) atoms. The number of ether oxygens (including phenoxy) is 1. The number of rotatable bonds is 4. The Hall–Kier alpha value is -2.76. The molecule has 0 spiro atoms. The van der Waals surface area contributed by atoms with Gasteiger partial charge in [0, 0.05) is 37.3 Å². The van der Waals surface area contributed by atoms with Crippen LogP contribution in [-0.2, 0) is 6.54 Å². The van der Waals surface area contributed by atoms with Gasteiger partial charge in [-0.15, -0.1) is 0 Å². The van der Waals surface area contributed by atoms with Crippen LogP contribution in [0.25, 0.3) is 0 Å². The molecule has 0 aromatic heterocycles. The van der Waals surface area contributed by atoms with Crippen molar-refractivity contribution in [2.24, 2.45) is 0 Å². The zero-order valence-corrected chi connectivity index (χ0v) is 12.3. The summed E-state index contributed by atoms with van der Waals surface area (Å²) in [5, 5.41) is 14.3. The largest absolute Gasteiger partial charge is 0.496 e. The first-order valence-electron chi connectivity index (χ1n) is 7.08. The van der Waals surface area contributed by atoms with Crippen LogP contribution in [0.2, 0.25) is 0 Å². The van der Waals surface area contributed by atoms with E-state index < -0.39 is 0 Å².